The highest BCUT2D eigenvalue weighted by atomic mass is 16.5. The molecule has 0 amide bonds. The molecule has 0 heterocycles. The van der Waals surface area contributed by atoms with E-state index in [2.05, 4.69) is 20.8 Å². The van der Waals surface area contributed by atoms with Crippen molar-refractivity contribution in [1.29, 1.82) is 0 Å². The summed E-state index contributed by atoms with van der Waals surface area (Å²) in [6, 6.07) is 0. The van der Waals surface area contributed by atoms with Crippen LogP contribution in [-0.4, -0.2) is 19.5 Å². The number of carbonyl (C=O) groups is 1. The molecule has 1 aliphatic rings. The largest absolute Gasteiger partial charge is 0.381 e. The van der Waals surface area contributed by atoms with Gasteiger partial charge < -0.3 is 9.53 Å². The summed E-state index contributed by atoms with van der Waals surface area (Å²) in [5, 5.41) is 0. The zero-order valence-electron chi connectivity index (χ0n) is 8.99. The molecular weight excluding hydrogens is 164 g/mol. The van der Waals surface area contributed by atoms with Gasteiger partial charge in [0.05, 0.1) is 6.10 Å². The highest BCUT2D eigenvalue weighted by molar-refractivity contribution is 5.55. The average molecular weight is 184 g/mol. The fourth-order valence-electron chi connectivity index (χ4n) is 2.84. The molecule has 0 N–H and O–H groups in total. The topological polar surface area (TPSA) is 26.3 Å². The first-order valence-electron chi connectivity index (χ1n) is 5.09. The predicted molar refractivity (Wildman–Crippen MR) is 52.5 cm³/mol. The van der Waals surface area contributed by atoms with Crippen molar-refractivity contribution >= 4 is 6.29 Å². The van der Waals surface area contributed by atoms with E-state index in [0.29, 0.717) is 17.8 Å². The van der Waals surface area contributed by atoms with Crippen LogP contribution in [0.4, 0.5) is 0 Å². The normalized spacial score (nSPS) is 46.0. The highest BCUT2D eigenvalue weighted by Gasteiger charge is 2.38. The van der Waals surface area contributed by atoms with Crippen LogP contribution < -0.4 is 0 Å². The minimum atomic E-state index is 0.182. The Balaban J connectivity index is 2.74. The van der Waals surface area contributed by atoms with Crippen molar-refractivity contribution in [2.45, 2.75) is 33.3 Å². The maximum absolute atomic E-state index is 10.9. The standard InChI is InChI=1S/C11H20O2/c1-7-5-8(2)11(13-4)9(3)10(7)6-12/h6-11H,5H2,1-4H3. The second-order valence-corrected chi connectivity index (χ2v) is 4.46. The van der Waals surface area contributed by atoms with Crippen LogP contribution in [0.1, 0.15) is 27.2 Å². The van der Waals surface area contributed by atoms with Gasteiger partial charge in [0.25, 0.3) is 0 Å². The number of methoxy groups -OCH3 is 1. The Morgan fingerprint density at radius 3 is 2.31 bits per heavy atom. The van der Waals surface area contributed by atoms with Crippen molar-refractivity contribution in [3.8, 4) is 0 Å². The van der Waals surface area contributed by atoms with Gasteiger partial charge in [-0.2, -0.15) is 0 Å². The fraction of sp³-hybridized carbons (Fsp3) is 0.909. The molecule has 1 fully saturated rings. The van der Waals surface area contributed by atoms with Crippen molar-refractivity contribution in [3.63, 3.8) is 0 Å². The van der Waals surface area contributed by atoms with Crippen LogP contribution in [0.3, 0.4) is 0 Å². The summed E-state index contributed by atoms with van der Waals surface area (Å²) in [6.07, 6.45) is 2.46. The summed E-state index contributed by atoms with van der Waals surface area (Å²) in [4.78, 5) is 10.9. The Kier molecular flexibility index (Phi) is 3.48. The number of hydrogen-bond donors (Lipinski definition) is 0. The Morgan fingerprint density at radius 1 is 1.23 bits per heavy atom. The lowest BCUT2D eigenvalue weighted by Crippen LogP contribution is -2.42. The van der Waals surface area contributed by atoms with Crippen molar-refractivity contribution in [2.75, 3.05) is 7.11 Å². The minimum Gasteiger partial charge on any atom is -0.381 e. The first kappa shape index (κ1) is 10.7. The molecule has 0 aromatic heterocycles. The summed E-state index contributed by atoms with van der Waals surface area (Å²) in [5.41, 5.74) is 0. The van der Waals surface area contributed by atoms with Gasteiger partial charge in [-0.1, -0.05) is 20.8 Å². The number of aldehydes is 1. The van der Waals surface area contributed by atoms with Gasteiger partial charge in [0, 0.05) is 13.0 Å². The molecular formula is C11H20O2. The van der Waals surface area contributed by atoms with Gasteiger partial charge >= 0.3 is 0 Å². The van der Waals surface area contributed by atoms with E-state index in [4.69, 9.17) is 4.74 Å². The van der Waals surface area contributed by atoms with E-state index in [9.17, 15) is 4.79 Å². The third-order valence-electron chi connectivity index (χ3n) is 3.52. The molecule has 13 heavy (non-hydrogen) atoms. The summed E-state index contributed by atoms with van der Waals surface area (Å²) >= 11 is 0. The van der Waals surface area contributed by atoms with Crippen molar-refractivity contribution in [2.24, 2.45) is 23.7 Å². The third kappa shape index (κ3) is 1.93. The molecule has 1 saturated carbocycles. The van der Waals surface area contributed by atoms with Crippen molar-refractivity contribution < 1.29 is 9.53 Å². The van der Waals surface area contributed by atoms with Gasteiger partial charge in [0.15, 0.2) is 0 Å². The van der Waals surface area contributed by atoms with E-state index in [1.54, 1.807) is 7.11 Å². The molecule has 0 aromatic rings. The van der Waals surface area contributed by atoms with Gasteiger partial charge in [-0.25, -0.2) is 0 Å². The smallest absolute Gasteiger partial charge is 0.123 e. The molecule has 76 valence electrons. The zero-order chi connectivity index (χ0) is 10.0. The highest BCUT2D eigenvalue weighted by Crippen LogP contribution is 2.38. The summed E-state index contributed by atoms with van der Waals surface area (Å²) in [5.74, 6) is 1.63. The molecule has 1 rings (SSSR count). The Bertz CT molecular complexity index is 179. The molecule has 0 spiro atoms. The lowest BCUT2D eigenvalue weighted by atomic mass is 9.68. The maximum Gasteiger partial charge on any atom is 0.123 e. The molecule has 2 heteroatoms. The van der Waals surface area contributed by atoms with Crippen molar-refractivity contribution in [1.82, 2.24) is 0 Å². The van der Waals surface area contributed by atoms with Gasteiger partial charge in [-0.3, -0.25) is 0 Å². The van der Waals surface area contributed by atoms with Gasteiger partial charge in [-0.05, 0) is 24.2 Å². The molecule has 5 atom stereocenters. The second-order valence-electron chi connectivity index (χ2n) is 4.46. The molecule has 2 nitrogen and oxygen atoms in total. The zero-order valence-corrected chi connectivity index (χ0v) is 8.99. The first-order chi connectivity index (χ1) is 6.11. The van der Waals surface area contributed by atoms with Gasteiger partial charge in [0.2, 0.25) is 0 Å². The van der Waals surface area contributed by atoms with Crippen LogP contribution in [0.5, 0.6) is 0 Å². The average Bonchev–Trinajstić information content (AvgIpc) is 2.04. The van der Waals surface area contributed by atoms with Crippen molar-refractivity contribution in [3.05, 3.63) is 0 Å². The second kappa shape index (κ2) is 4.23. The van der Waals surface area contributed by atoms with E-state index in [-0.39, 0.29) is 12.0 Å². The molecule has 0 aliphatic heterocycles. The first-order valence-corrected chi connectivity index (χ1v) is 5.09. The van der Waals surface area contributed by atoms with Crippen LogP contribution in [0.25, 0.3) is 0 Å². The van der Waals surface area contributed by atoms with Gasteiger partial charge in [-0.15, -0.1) is 0 Å². The van der Waals surface area contributed by atoms with Crippen LogP contribution >= 0.6 is 0 Å². The Labute approximate surface area is 80.7 Å². The molecule has 1 aliphatic carbocycles. The van der Waals surface area contributed by atoms with Crippen LogP contribution in [0.15, 0.2) is 0 Å². The monoisotopic (exact) mass is 184 g/mol. The van der Waals surface area contributed by atoms with E-state index in [1.165, 1.54) is 0 Å². The number of ether oxygens (including phenoxy) is 1. The lowest BCUT2D eigenvalue weighted by molar-refractivity contribution is -0.121. The summed E-state index contributed by atoms with van der Waals surface area (Å²) in [6.45, 7) is 6.50. The van der Waals surface area contributed by atoms with E-state index < -0.39 is 0 Å². The predicted octanol–water partition coefficient (Wildman–Crippen LogP) is 2.13. The Morgan fingerprint density at radius 2 is 1.85 bits per heavy atom. The minimum absolute atomic E-state index is 0.182. The van der Waals surface area contributed by atoms with Crippen LogP contribution in [-0.2, 0) is 9.53 Å². The van der Waals surface area contributed by atoms with E-state index in [0.717, 1.165) is 12.7 Å². The van der Waals surface area contributed by atoms with E-state index >= 15 is 0 Å². The van der Waals surface area contributed by atoms with Crippen LogP contribution in [0.2, 0.25) is 0 Å². The lowest BCUT2D eigenvalue weighted by Gasteiger charge is -2.40. The third-order valence-corrected chi connectivity index (χ3v) is 3.52. The summed E-state index contributed by atoms with van der Waals surface area (Å²) < 4.78 is 5.44. The Hall–Kier alpha value is -0.370. The SMILES string of the molecule is COC1C(C)CC(C)C(C=O)C1C. The number of hydrogen-bond acceptors (Lipinski definition) is 2. The number of carbonyl (C=O) groups excluding carboxylic acids is 1. The molecule has 0 radical (unpaired) electrons. The molecule has 0 aromatic carbocycles. The molecule has 5 unspecified atom stereocenters. The fourth-order valence-corrected chi connectivity index (χ4v) is 2.84. The van der Waals surface area contributed by atoms with Crippen LogP contribution in [0, 0.1) is 23.7 Å². The van der Waals surface area contributed by atoms with E-state index in [1.807, 2.05) is 0 Å². The summed E-state index contributed by atoms with van der Waals surface area (Å²) in [7, 11) is 1.75. The molecule has 0 saturated heterocycles. The number of rotatable bonds is 2. The maximum atomic E-state index is 10.9. The quantitative estimate of drug-likeness (QED) is 0.614. The molecule has 0 bridgehead atoms. The van der Waals surface area contributed by atoms with Gasteiger partial charge in [0.1, 0.15) is 6.29 Å².